The number of hydrogen-bond acceptors (Lipinski definition) is 1. The standard InChI is InChI=1S/C14H12F3NO/c1-8-2-3-9-4-5-18(13(19)10(9)6-8)12-7-11(12)14(15,16)17/h2-6,11-12H,7H2,1H3/t11-,12-/m0/s1. The van der Waals surface area contributed by atoms with Gasteiger partial charge < -0.3 is 4.57 Å². The summed E-state index contributed by atoms with van der Waals surface area (Å²) < 4.78 is 38.9. The Kier molecular flexibility index (Phi) is 2.49. The van der Waals surface area contributed by atoms with Crippen LogP contribution in [-0.2, 0) is 0 Å². The Morgan fingerprint density at radius 1 is 1.26 bits per heavy atom. The molecule has 0 unspecified atom stereocenters. The third-order valence-electron chi connectivity index (χ3n) is 3.62. The van der Waals surface area contributed by atoms with Gasteiger partial charge in [-0.25, -0.2) is 0 Å². The van der Waals surface area contributed by atoms with Gasteiger partial charge in [-0.05, 0) is 30.9 Å². The monoisotopic (exact) mass is 267 g/mol. The Bertz CT molecular complexity index is 702. The van der Waals surface area contributed by atoms with Gasteiger partial charge in [0.1, 0.15) is 0 Å². The molecule has 100 valence electrons. The van der Waals surface area contributed by atoms with E-state index in [9.17, 15) is 18.0 Å². The van der Waals surface area contributed by atoms with Crippen molar-refractivity contribution in [2.45, 2.75) is 25.6 Å². The van der Waals surface area contributed by atoms with Crippen molar-refractivity contribution in [1.29, 1.82) is 0 Å². The summed E-state index contributed by atoms with van der Waals surface area (Å²) in [6, 6.07) is 6.37. The highest BCUT2D eigenvalue weighted by molar-refractivity contribution is 5.82. The van der Waals surface area contributed by atoms with E-state index in [0.717, 1.165) is 10.9 Å². The molecule has 1 fully saturated rings. The van der Waals surface area contributed by atoms with E-state index in [2.05, 4.69) is 0 Å². The molecule has 0 bridgehead atoms. The fourth-order valence-electron chi connectivity index (χ4n) is 2.47. The number of aryl methyl sites for hydroxylation is 1. The average molecular weight is 267 g/mol. The Hall–Kier alpha value is -1.78. The molecule has 1 aromatic carbocycles. The van der Waals surface area contributed by atoms with Crippen molar-refractivity contribution in [2.24, 2.45) is 5.92 Å². The lowest BCUT2D eigenvalue weighted by Gasteiger charge is -2.09. The molecular formula is C14H12F3NO. The van der Waals surface area contributed by atoms with Crippen LogP contribution in [-0.4, -0.2) is 10.7 Å². The number of benzene rings is 1. The maximum Gasteiger partial charge on any atom is 0.393 e. The van der Waals surface area contributed by atoms with Crippen molar-refractivity contribution in [2.75, 3.05) is 0 Å². The molecule has 2 atom stereocenters. The van der Waals surface area contributed by atoms with E-state index in [1.165, 1.54) is 10.8 Å². The van der Waals surface area contributed by atoms with Crippen molar-refractivity contribution in [3.63, 3.8) is 0 Å². The molecule has 1 heterocycles. The predicted octanol–water partition coefficient (Wildman–Crippen LogP) is 3.43. The van der Waals surface area contributed by atoms with Gasteiger partial charge in [0.05, 0.1) is 5.92 Å². The Labute approximate surface area is 107 Å². The Morgan fingerprint density at radius 2 is 2.00 bits per heavy atom. The molecule has 2 nitrogen and oxygen atoms in total. The molecule has 0 amide bonds. The van der Waals surface area contributed by atoms with Gasteiger partial charge in [0, 0.05) is 17.6 Å². The molecular weight excluding hydrogens is 255 g/mol. The zero-order chi connectivity index (χ0) is 13.8. The van der Waals surface area contributed by atoms with Crippen LogP contribution in [0.3, 0.4) is 0 Å². The maximum atomic E-state index is 12.6. The minimum absolute atomic E-state index is 0.000723. The highest BCUT2D eigenvalue weighted by Crippen LogP contribution is 2.52. The third kappa shape index (κ3) is 2.03. The van der Waals surface area contributed by atoms with E-state index in [0.29, 0.717) is 5.39 Å². The molecule has 0 saturated heterocycles. The fourth-order valence-corrected chi connectivity index (χ4v) is 2.47. The third-order valence-corrected chi connectivity index (χ3v) is 3.62. The fraction of sp³-hybridized carbons (Fsp3) is 0.357. The number of alkyl halides is 3. The zero-order valence-corrected chi connectivity index (χ0v) is 10.2. The lowest BCUT2D eigenvalue weighted by atomic mass is 10.1. The molecule has 19 heavy (non-hydrogen) atoms. The topological polar surface area (TPSA) is 22.0 Å². The van der Waals surface area contributed by atoms with Gasteiger partial charge in [-0.15, -0.1) is 0 Å². The first-order valence-corrected chi connectivity index (χ1v) is 6.06. The molecule has 1 aromatic heterocycles. The summed E-state index contributed by atoms with van der Waals surface area (Å²) in [5.41, 5.74) is 0.587. The number of fused-ring (bicyclic) bond motifs is 1. The van der Waals surface area contributed by atoms with E-state index >= 15 is 0 Å². The summed E-state index contributed by atoms with van der Waals surface area (Å²) in [4.78, 5) is 12.2. The van der Waals surface area contributed by atoms with E-state index in [-0.39, 0.29) is 12.0 Å². The number of halogens is 3. The second-order valence-corrected chi connectivity index (χ2v) is 5.07. The van der Waals surface area contributed by atoms with Crippen LogP contribution in [0.2, 0.25) is 0 Å². The summed E-state index contributed by atoms with van der Waals surface area (Å²) >= 11 is 0. The average Bonchev–Trinajstić information content (AvgIpc) is 3.10. The van der Waals surface area contributed by atoms with Gasteiger partial charge in [0.25, 0.3) is 5.56 Å². The lowest BCUT2D eigenvalue weighted by Crippen LogP contribution is -2.22. The second kappa shape index (κ2) is 3.85. The number of aromatic nitrogens is 1. The van der Waals surface area contributed by atoms with Crippen molar-refractivity contribution in [3.8, 4) is 0 Å². The molecule has 5 heteroatoms. The lowest BCUT2D eigenvalue weighted by molar-refractivity contribution is -0.150. The van der Waals surface area contributed by atoms with Crippen molar-refractivity contribution < 1.29 is 13.2 Å². The largest absolute Gasteiger partial charge is 0.393 e. The maximum absolute atomic E-state index is 12.6. The molecule has 3 rings (SSSR count). The van der Waals surface area contributed by atoms with Gasteiger partial charge in [-0.1, -0.05) is 17.7 Å². The Balaban J connectivity index is 2.08. The van der Waals surface area contributed by atoms with E-state index in [1.54, 1.807) is 12.1 Å². The zero-order valence-electron chi connectivity index (χ0n) is 10.2. The first-order valence-electron chi connectivity index (χ1n) is 6.06. The minimum atomic E-state index is -4.22. The summed E-state index contributed by atoms with van der Waals surface area (Å²) in [7, 11) is 0. The van der Waals surface area contributed by atoms with Crippen molar-refractivity contribution in [3.05, 3.63) is 46.4 Å². The SMILES string of the molecule is Cc1ccc2ccn([C@H]3C[C@@H]3C(F)(F)F)c(=O)c2c1. The molecule has 1 saturated carbocycles. The number of hydrogen-bond donors (Lipinski definition) is 0. The minimum Gasteiger partial charge on any atom is -0.311 e. The van der Waals surface area contributed by atoms with Gasteiger partial charge in [-0.2, -0.15) is 13.2 Å². The Morgan fingerprint density at radius 3 is 2.63 bits per heavy atom. The van der Waals surface area contributed by atoms with Crippen LogP contribution in [0.15, 0.2) is 35.3 Å². The second-order valence-electron chi connectivity index (χ2n) is 5.07. The van der Waals surface area contributed by atoms with Crippen LogP contribution in [0.25, 0.3) is 10.8 Å². The molecule has 0 radical (unpaired) electrons. The summed E-state index contributed by atoms with van der Waals surface area (Å²) in [6.45, 7) is 1.85. The first-order chi connectivity index (χ1) is 8.88. The van der Waals surface area contributed by atoms with Crippen LogP contribution < -0.4 is 5.56 Å². The van der Waals surface area contributed by atoms with Crippen LogP contribution in [0, 0.1) is 12.8 Å². The molecule has 1 aliphatic rings. The highest BCUT2D eigenvalue weighted by atomic mass is 19.4. The summed E-state index contributed by atoms with van der Waals surface area (Å²) in [6.07, 6.45) is -2.75. The number of pyridine rings is 1. The van der Waals surface area contributed by atoms with Crippen LogP contribution >= 0.6 is 0 Å². The number of nitrogens with zero attached hydrogens (tertiary/aromatic N) is 1. The molecule has 0 aliphatic heterocycles. The molecule has 0 N–H and O–H groups in total. The van der Waals surface area contributed by atoms with Crippen LogP contribution in [0.5, 0.6) is 0 Å². The smallest absolute Gasteiger partial charge is 0.311 e. The normalized spacial score (nSPS) is 22.7. The van der Waals surface area contributed by atoms with E-state index in [1.807, 2.05) is 19.1 Å². The van der Waals surface area contributed by atoms with Crippen LogP contribution in [0.1, 0.15) is 18.0 Å². The molecule has 1 aliphatic carbocycles. The summed E-state index contributed by atoms with van der Waals surface area (Å²) in [5.74, 6) is -1.38. The van der Waals surface area contributed by atoms with Crippen molar-refractivity contribution in [1.82, 2.24) is 4.57 Å². The van der Waals surface area contributed by atoms with E-state index < -0.39 is 18.1 Å². The molecule has 2 aromatic rings. The van der Waals surface area contributed by atoms with Gasteiger partial charge >= 0.3 is 6.18 Å². The highest BCUT2D eigenvalue weighted by Gasteiger charge is 2.56. The summed E-state index contributed by atoms with van der Waals surface area (Å²) in [5, 5.41) is 1.24. The van der Waals surface area contributed by atoms with Gasteiger partial charge in [0.15, 0.2) is 0 Å². The van der Waals surface area contributed by atoms with Gasteiger partial charge in [0.2, 0.25) is 0 Å². The van der Waals surface area contributed by atoms with E-state index in [4.69, 9.17) is 0 Å². The van der Waals surface area contributed by atoms with Gasteiger partial charge in [-0.3, -0.25) is 4.79 Å². The molecule has 0 spiro atoms. The van der Waals surface area contributed by atoms with Crippen LogP contribution in [0.4, 0.5) is 13.2 Å². The quantitative estimate of drug-likeness (QED) is 0.775. The predicted molar refractivity (Wildman–Crippen MR) is 66.1 cm³/mol. The van der Waals surface area contributed by atoms with Crippen molar-refractivity contribution >= 4 is 10.8 Å². The number of rotatable bonds is 1. The first kappa shape index (κ1) is 12.3.